The van der Waals surface area contributed by atoms with Gasteiger partial charge in [-0.1, -0.05) is 0 Å². The van der Waals surface area contributed by atoms with Gasteiger partial charge >= 0.3 is 0 Å². The zero-order chi connectivity index (χ0) is 11.4. The minimum absolute atomic E-state index is 0.0428. The second kappa shape index (κ2) is 5.42. The molecule has 0 aliphatic rings. The topological polar surface area (TPSA) is 55.1 Å². The van der Waals surface area contributed by atoms with Crippen LogP contribution in [-0.2, 0) is 4.79 Å². The molecule has 3 nitrogen and oxygen atoms in total. The average molecular weight is 289 g/mol. The van der Waals surface area contributed by atoms with E-state index >= 15 is 0 Å². The van der Waals surface area contributed by atoms with E-state index in [1.165, 1.54) is 11.8 Å². The molecule has 3 N–H and O–H groups in total. The molecular formula is C10H13BrN2OS. The van der Waals surface area contributed by atoms with Gasteiger partial charge in [0, 0.05) is 4.47 Å². The molecule has 0 aliphatic heterocycles. The summed E-state index contributed by atoms with van der Waals surface area (Å²) in [5.74, 6) is 0.387. The summed E-state index contributed by atoms with van der Waals surface area (Å²) in [5, 5.41) is 2.77. The van der Waals surface area contributed by atoms with Crippen molar-refractivity contribution in [3.8, 4) is 0 Å². The molecule has 1 aromatic rings. The minimum atomic E-state index is -0.0428. The van der Waals surface area contributed by atoms with Gasteiger partial charge in [0.15, 0.2) is 0 Å². The Labute approximate surface area is 102 Å². The van der Waals surface area contributed by atoms with Gasteiger partial charge in [-0.05, 0) is 46.8 Å². The Morgan fingerprint density at radius 2 is 2.27 bits per heavy atom. The number of anilines is 2. The molecule has 0 bridgehead atoms. The number of nitrogen functional groups attached to an aromatic ring is 1. The van der Waals surface area contributed by atoms with Crippen molar-refractivity contribution >= 4 is 45.0 Å². The van der Waals surface area contributed by atoms with Crippen LogP contribution in [0.25, 0.3) is 0 Å². The first-order valence-corrected chi connectivity index (χ1v) is 6.57. The molecule has 0 saturated heterocycles. The van der Waals surface area contributed by atoms with E-state index in [1.54, 1.807) is 0 Å². The Morgan fingerprint density at radius 3 is 2.80 bits per heavy atom. The molecule has 0 aliphatic carbocycles. The highest BCUT2D eigenvalue weighted by atomic mass is 79.9. The summed E-state index contributed by atoms with van der Waals surface area (Å²) in [6, 6.07) is 3.75. The van der Waals surface area contributed by atoms with Gasteiger partial charge in [-0.25, -0.2) is 0 Å². The molecule has 0 saturated carbocycles. The maximum Gasteiger partial charge on any atom is 0.234 e. The molecule has 1 aromatic carbocycles. The Bertz CT molecular complexity index is 359. The van der Waals surface area contributed by atoms with Crippen LogP contribution in [-0.4, -0.2) is 17.9 Å². The van der Waals surface area contributed by atoms with Gasteiger partial charge < -0.3 is 11.1 Å². The Hall–Kier alpha value is -0.680. The van der Waals surface area contributed by atoms with Crippen molar-refractivity contribution in [2.24, 2.45) is 0 Å². The third kappa shape index (κ3) is 3.43. The zero-order valence-corrected chi connectivity index (χ0v) is 11.0. The molecule has 1 rings (SSSR count). The number of halogens is 1. The Kier molecular flexibility index (Phi) is 4.47. The summed E-state index contributed by atoms with van der Waals surface area (Å²) in [6.07, 6.45) is 1.88. The highest BCUT2D eigenvalue weighted by molar-refractivity contribution is 9.10. The fourth-order valence-electron chi connectivity index (χ4n) is 1.21. The van der Waals surface area contributed by atoms with E-state index in [1.807, 2.05) is 25.3 Å². The molecule has 0 radical (unpaired) electrons. The molecule has 1 amide bonds. The van der Waals surface area contributed by atoms with Crippen molar-refractivity contribution in [2.75, 3.05) is 23.1 Å². The number of benzene rings is 1. The number of aryl methyl sites for hydroxylation is 1. The van der Waals surface area contributed by atoms with Gasteiger partial charge in [0.25, 0.3) is 0 Å². The number of carbonyl (C=O) groups is 1. The molecule has 0 fully saturated rings. The molecule has 0 aromatic heterocycles. The van der Waals surface area contributed by atoms with Crippen molar-refractivity contribution in [2.45, 2.75) is 6.92 Å². The van der Waals surface area contributed by atoms with Gasteiger partial charge in [-0.15, -0.1) is 0 Å². The van der Waals surface area contributed by atoms with Gasteiger partial charge in [-0.3, -0.25) is 4.79 Å². The third-order valence-electron chi connectivity index (χ3n) is 1.80. The first-order valence-electron chi connectivity index (χ1n) is 4.39. The summed E-state index contributed by atoms with van der Waals surface area (Å²) in [5.41, 5.74) is 8.11. The van der Waals surface area contributed by atoms with E-state index in [4.69, 9.17) is 5.73 Å². The average Bonchev–Trinajstić information content (AvgIpc) is 2.11. The number of rotatable bonds is 3. The lowest BCUT2D eigenvalue weighted by molar-refractivity contribution is -0.113. The van der Waals surface area contributed by atoms with Gasteiger partial charge in [0.2, 0.25) is 5.91 Å². The van der Waals surface area contributed by atoms with E-state index in [2.05, 4.69) is 21.2 Å². The summed E-state index contributed by atoms with van der Waals surface area (Å²) in [7, 11) is 0. The van der Waals surface area contributed by atoms with E-state index in [0.29, 0.717) is 17.1 Å². The highest BCUT2D eigenvalue weighted by Gasteiger charge is 2.08. The van der Waals surface area contributed by atoms with Crippen LogP contribution >= 0.6 is 27.7 Å². The summed E-state index contributed by atoms with van der Waals surface area (Å²) < 4.78 is 0.814. The Morgan fingerprint density at radius 1 is 1.60 bits per heavy atom. The largest absolute Gasteiger partial charge is 0.397 e. The number of amides is 1. The lowest BCUT2D eigenvalue weighted by Gasteiger charge is -2.10. The first kappa shape index (κ1) is 12.4. The van der Waals surface area contributed by atoms with Crippen LogP contribution in [0.1, 0.15) is 5.56 Å². The van der Waals surface area contributed by atoms with Gasteiger partial charge in [0.05, 0.1) is 17.1 Å². The minimum Gasteiger partial charge on any atom is -0.397 e. The fraction of sp³-hybridized carbons (Fsp3) is 0.300. The summed E-state index contributed by atoms with van der Waals surface area (Å²) >= 11 is 4.85. The smallest absolute Gasteiger partial charge is 0.234 e. The van der Waals surface area contributed by atoms with E-state index in [9.17, 15) is 4.79 Å². The second-order valence-corrected chi connectivity index (χ2v) is 4.91. The van der Waals surface area contributed by atoms with Gasteiger partial charge in [0.1, 0.15) is 0 Å². The number of carbonyl (C=O) groups excluding carboxylic acids is 1. The third-order valence-corrected chi connectivity index (χ3v) is 2.98. The predicted molar refractivity (Wildman–Crippen MR) is 70.3 cm³/mol. The summed E-state index contributed by atoms with van der Waals surface area (Å²) in [4.78, 5) is 11.4. The number of hydrogen-bond acceptors (Lipinski definition) is 3. The lowest BCUT2D eigenvalue weighted by Crippen LogP contribution is -2.15. The van der Waals surface area contributed by atoms with E-state index < -0.39 is 0 Å². The fourth-order valence-corrected chi connectivity index (χ4v) is 2.23. The van der Waals surface area contributed by atoms with Crippen LogP contribution in [0.3, 0.4) is 0 Å². The van der Waals surface area contributed by atoms with Gasteiger partial charge in [-0.2, -0.15) is 11.8 Å². The maximum atomic E-state index is 11.4. The first-order chi connectivity index (χ1) is 7.04. The Balaban J connectivity index is 2.90. The van der Waals surface area contributed by atoms with Crippen LogP contribution in [0, 0.1) is 6.92 Å². The summed E-state index contributed by atoms with van der Waals surface area (Å²) in [6.45, 7) is 1.95. The lowest BCUT2D eigenvalue weighted by atomic mass is 10.2. The molecular weight excluding hydrogens is 276 g/mol. The molecule has 0 unspecified atom stereocenters. The molecule has 0 heterocycles. The SMILES string of the molecule is CSCC(=O)Nc1c(N)cc(C)cc1Br. The number of nitrogens with one attached hydrogen (secondary N) is 1. The van der Waals surface area contributed by atoms with E-state index in [-0.39, 0.29) is 5.91 Å². The number of nitrogens with two attached hydrogens (primary N) is 1. The zero-order valence-electron chi connectivity index (χ0n) is 8.63. The highest BCUT2D eigenvalue weighted by Crippen LogP contribution is 2.30. The molecule has 15 heavy (non-hydrogen) atoms. The van der Waals surface area contributed by atoms with E-state index in [0.717, 1.165) is 10.0 Å². The van der Waals surface area contributed by atoms with Crippen LogP contribution in [0.2, 0.25) is 0 Å². The maximum absolute atomic E-state index is 11.4. The molecule has 0 atom stereocenters. The van der Waals surface area contributed by atoms with Crippen LogP contribution in [0.4, 0.5) is 11.4 Å². The standard InChI is InChI=1S/C10H13BrN2OS/c1-6-3-7(11)10(8(12)4-6)13-9(14)5-15-2/h3-4H,5,12H2,1-2H3,(H,13,14). The molecule has 5 heteroatoms. The normalized spacial score (nSPS) is 10.1. The number of hydrogen-bond donors (Lipinski definition) is 2. The quantitative estimate of drug-likeness (QED) is 0.841. The van der Waals surface area contributed by atoms with Crippen molar-refractivity contribution in [3.05, 3.63) is 22.2 Å². The molecule has 82 valence electrons. The van der Waals surface area contributed by atoms with Crippen LogP contribution in [0.5, 0.6) is 0 Å². The van der Waals surface area contributed by atoms with Crippen molar-refractivity contribution < 1.29 is 4.79 Å². The van der Waals surface area contributed by atoms with Crippen molar-refractivity contribution in [1.82, 2.24) is 0 Å². The van der Waals surface area contributed by atoms with Crippen LogP contribution < -0.4 is 11.1 Å². The van der Waals surface area contributed by atoms with Crippen LogP contribution in [0.15, 0.2) is 16.6 Å². The monoisotopic (exact) mass is 288 g/mol. The van der Waals surface area contributed by atoms with Crippen molar-refractivity contribution in [1.29, 1.82) is 0 Å². The predicted octanol–water partition coefficient (Wildman–Crippen LogP) is 2.64. The molecule has 0 spiro atoms. The second-order valence-electron chi connectivity index (χ2n) is 3.19. The van der Waals surface area contributed by atoms with Crippen molar-refractivity contribution in [3.63, 3.8) is 0 Å². The number of thioether (sulfide) groups is 1.